The van der Waals surface area contributed by atoms with Crippen molar-refractivity contribution in [3.8, 4) is 17.2 Å². The van der Waals surface area contributed by atoms with Gasteiger partial charge in [-0.3, -0.25) is 0 Å². The molecule has 0 bridgehead atoms. The Kier molecular flexibility index (Phi) is 6.36. The van der Waals surface area contributed by atoms with Crippen LogP contribution in [0.15, 0.2) is 12.1 Å². The Morgan fingerprint density at radius 2 is 1.67 bits per heavy atom. The second kappa shape index (κ2) is 7.82. The molecule has 18 heavy (non-hydrogen) atoms. The maximum Gasteiger partial charge on any atom is 0.203 e. The van der Waals surface area contributed by atoms with E-state index < -0.39 is 0 Å². The first kappa shape index (κ1) is 14.6. The molecule has 0 spiro atoms. The van der Waals surface area contributed by atoms with Crippen molar-refractivity contribution in [2.75, 3.05) is 20.8 Å². The number of hydrogen-bond acceptors (Lipinski definition) is 4. The number of aliphatic hydroxyl groups is 1. The maximum atomic E-state index is 9.16. The molecule has 4 heteroatoms. The molecule has 102 valence electrons. The lowest BCUT2D eigenvalue weighted by Crippen LogP contribution is -2.02. The number of benzene rings is 1. The van der Waals surface area contributed by atoms with Crippen LogP contribution in [-0.2, 0) is 6.61 Å². The van der Waals surface area contributed by atoms with Crippen LogP contribution in [0.25, 0.3) is 0 Å². The van der Waals surface area contributed by atoms with Crippen LogP contribution < -0.4 is 14.2 Å². The summed E-state index contributed by atoms with van der Waals surface area (Å²) in [7, 11) is 3.16. The highest BCUT2D eigenvalue weighted by molar-refractivity contribution is 5.53. The third-order valence-corrected chi connectivity index (χ3v) is 2.70. The molecule has 1 aromatic carbocycles. The molecule has 0 unspecified atom stereocenters. The van der Waals surface area contributed by atoms with Crippen molar-refractivity contribution in [3.05, 3.63) is 17.7 Å². The van der Waals surface area contributed by atoms with Crippen LogP contribution in [0, 0.1) is 0 Å². The molecular weight excluding hydrogens is 232 g/mol. The van der Waals surface area contributed by atoms with Gasteiger partial charge in [0.05, 0.1) is 27.4 Å². The quantitative estimate of drug-likeness (QED) is 0.725. The molecule has 1 N–H and O–H groups in total. The molecule has 1 aromatic rings. The molecule has 0 aromatic heterocycles. The molecule has 0 saturated carbocycles. The van der Waals surface area contributed by atoms with E-state index in [1.54, 1.807) is 26.4 Å². The summed E-state index contributed by atoms with van der Waals surface area (Å²) in [6, 6.07) is 3.52. The van der Waals surface area contributed by atoms with Crippen molar-refractivity contribution in [1.82, 2.24) is 0 Å². The molecule has 0 aliphatic carbocycles. The second-order valence-corrected chi connectivity index (χ2v) is 4.04. The number of unbranched alkanes of at least 4 members (excludes halogenated alkanes) is 2. The van der Waals surface area contributed by atoms with Gasteiger partial charge in [-0.15, -0.1) is 0 Å². The predicted molar refractivity (Wildman–Crippen MR) is 70.5 cm³/mol. The predicted octanol–water partition coefficient (Wildman–Crippen LogP) is 2.77. The molecule has 0 saturated heterocycles. The minimum atomic E-state index is -0.0527. The smallest absolute Gasteiger partial charge is 0.203 e. The molecule has 0 heterocycles. The molecule has 1 rings (SSSR count). The third kappa shape index (κ3) is 3.81. The Balaban J connectivity index is 2.85. The summed E-state index contributed by atoms with van der Waals surface area (Å²) in [4.78, 5) is 0. The zero-order valence-electron chi connectivity index (χ0n) is 11.4. The van der Waals surface area contributed by atoms with Crippen molar-refractivity contribution in [1.29, 1.82) is 0 Å². The van der Waals surface area contributed by atoms with Crippen molar-refractivity contribution in [3.63, 3.8) is 0 Å². The standard InChI is InChI=1S/C14H22O4/c1-4-5-6-7-18-14-12(16-2)8-11(10-15)9-13(14)17-3/h8-9,15H,4-7,10H2,1-3H3. The lowest BCUT2D eigenvalue weighted by Gasteiger charge is -2.15. The summed E-state index contributed by atoms with van der Waals surface area (Å²) in [5.41, 5.74) is 0.740. The van der Waals surface area contributed by atoms with Gasteiger partial charge in [-0.2, -0.15) is 0 Å². The Labute approximate surface area is 108 Å². The number of methoxy groups -OCH3 is 2. The molecular formula is C14H22O4. The molecule has 0 radical (unpaired) electrons. The normalized spacial score (nSPS) is 10.2. The average molecular weight is 254 g/mol. The fourth-order valence-electron chi connectivity index (χ4n) is 1.69. The maximum absolute atomic E-state index is 9.16. The lowest BCUT2D eigenvalue weighted by atomic mass is 10.2. The van der Waals surface area contributed by atoms with E-state index >= 15 is 0 Å². The number of hydrogen-bond donors (Lipinski definition) is 1. The van der Waals surface area contributed by atoms with Crippen LogP contribution in [0.4, 0.5) is 0 Å². The Bertz CT molecular complexity index is 338. The zero-order valence-corrected chi connectivity index (χ0v) is 11.4. The monoisotopic (exact) mass is 254 g/mol. The summed E-state index contributed by atoms with van der Waals surface area (Å²) in [5.74, 6) is 1.79. The van der Waals surface area contributed by atoms with E-state index in [0.717, 1.165) is 24.8 Å². The molecule has 0 fully saturated rings. The van der Waals surface area contributed by atoms with Crippen molar-refractivity contribution in [2.45, 2.75) is 32.8 Å². The SMILES string of the molecule is CCCCCOc1c(OC)cc(CO)cc1OC. The fourth-order valence-corrected chi connectivity index (χ4v) is 1.69. The zero-order chi connectivity index (χ0) is 13.4. The van der Waals surface area contributed by atoms with Crippen molar-refractivity contribution in [2.24, 2.45) is 0 Å². The van der Waals surface area contributed by atoms with Gasteiger partial charge < -0.3 is 19.3 Å². The van der Waals surface area contributed by atoms with Gasteiger partial charge in [0.2, 0.25) is 5.75 Å². The Hall–Kier alpha value is -1.42. The first-order valence-electron chi connectivity index (χ1n) is 6.25. The summed E-state index contributed by atoms with van der Waals surface area (Å²) >= 11 is 0. The van der Waals surface area contributed by atoms with Gasteiger partial charge in [0.15, 0.2) is 11.5 Å². The van der Waals surface area contributed by atoms with Gasteiger partial charge in [-0.1, -0.05) is 19.8 Å². The lowest BCUT2D eigenvalue weighted by molar-refractivity contribution is 0.262. The van der Waals surface area contributed by atoms with E-state index in [4.69, 9.17) is 19.3 Å². The van der Waals surface area contributed by atoms with Crippen LogP contribution in [-0.4, -0.2) is 25.9 Å². The first-order chi connectivity index (χ1) is 8.76. The fraction of sp³-hybridized carbons (Fsp3) is 0.571. The van der Waals surface area contributed by atoms with E-state index in [1.807, 2.05) is 0 Å². The van der Waals surface area contributed by atoms with E-state index in [0.29, 0.717) is 23.9 Å². The summed E-state index contributed by atoms with van der Waals surface area (Å²) in [6.07, 6.45) is 3.30. The van der Waals surface area contributed by atoms with Crippen molar-refractivity contribution >= 4 is 0 Å². The van der Waals surface area contributed by atoms with E-state index in [2.05, 4.69) is 6.92 Å². The molecule has 0 amide bonds. The van der Waals surface area contributed by atoms with E-state index in [-0.39, 0.29) is 6.61 Å². The van der Waals surface area contributed by atoms with Crippen LogP contribution in [0.5, 0.6) is 17.2 Å². The highest BCUT2D eigenvalue weighted by atomic mass is 16.5. The summed E-state index contributed by atoms with van der Waals surface area (Å²) < 4.78 is 16.3. The minimum Gasteiger partial charge on any atom is -0.493 e. The van der Waals surface area contributed by atoms with Crippen LogP contribution in [0.1, 0.15) is 31.7 Å². The largest absolute Gasteiger partial charge is 0.493 e. The van der Waals surface area contributed by atoms with Crippen LogP contribution in [0.2, 0.25) is 0 Å². The van der Waals surface area contributed by atoms with E-state index in [1.165, 1.54) is 0 Å². The summed E-state index contributed by atoms with van der Waals surface area (Å²) in [5, 5.41) is 9.16. The molecule has 0 aliphatic heterocycles. The van der Waals surface area contributed by atoms with Gasteiger partial charge in [0.1, 0.15) is 0 Å². The van der Waals surface area contributed by atoms with Gasteiger partial charge in [-0.25, -0.2) is 0 Å². The number of rotatable bonds is 8. The van der Waals surface area contributed by atoms with Gasteiger partial charge in [-0.05, 0) is 24.1 Å². The van der Waals surface area contributed by atoms with E-state index in [9.17, 15) is 0 Å². The van der Waals surface area contributed by atoms with Gasteiger partial charge in [0, 0.05) is 0 Å². The van der Waals surface area contributed by atoms with Gasteiger partial charge in [0.25, 0.3) is 0 Å². The van der Waals surface area contributed by atoms with Gasteiger partial charge >= 0.3 is 0 Å². The molecule has 0 atom stereocenters. The number of aliphatic hydroxyl groups excluding tert-OH is 1. The average Bonchev–Trinajstić information content (AvgIpc) is 2.42. The number of ether oxygens (including phenoxy) is 3. The summed E-state index contributed by atoms with van der Waals surface area (Å²) in [6.45, 7) is 2.74. The first-order valence-corrected chi connectivity index (χ1v) is 6.25. The highest BCUT2D eigenvalue weighted by Crippen LogP contribution is 2.38. The highest BCUT2D eigenvalue weighted by Gasteiger charge is 2.13. The Morgan fingerprint density at radius 1 is 1.06 bits per heavy atom. The van der Waals surface area contributed by atoms with Crippen molar-refractivity contribution < 1.29 is 19.3 Å². The second-order valence-electron chi connectivity index (χ2n) is 4.04. The minimum absolute atomic E-state index is 0.0527. The Morgan fingerprint density at radius 3 is 2.11 bits per heavy atom. The molecule has 4 nitrogen and oxygen atoms in total. The third-order valence-electron chi connectivity index (χ3n) is 2.70. The molecule has 0 aliphatic rings. The van der Waals surface area contributed by atoms with Crippen LogP contribution >= 0.6 is 0 Å². The topological polar surface area (TPSA) is 47.9 Å². The van der Waals surface area contributed by atoms with Crippen LogP contribution in [0.3, 0.4) is 0 Å².